The predicted octanol–water partition coefficient (Wildman–Crippen LogP) is 3.57. The first-order valence-electron chi connectivity index (χ1n) is 8.05. The molecule has 0 aliphatic rings. The second kappa shape index (κ2) is 8.05. The molecule has 3 N–H and O–H groups in total. The zero-order valence-corrected chi connectivity index (χ0v) is 14.4. The molecular formula is C19H16FN5O2. The molecule has 0 unspecified atom stereocenters. The average molecular weight is 365 g/mol. The van der Waals surface area contributed by atoms with Crippen molar-refractivity contribution in [3.05, 3.63) is 72.2 Å². The SMILES string of the molecule is CC(=O)Nc1ccc(NC(=O)c2ccc(Nc3ccccc3F)nn2)cc1. The number of amides is 2. The highest BCUT2D eigenvalue weighted by atomic mass is 19.1. The molecule has 0 aliphatic carbocycles. The second-order valence-electron chi connectivity index (χ2n) is 5.62. The van der Waals surface area contributed by atoms with Gasteiger partial charge in [-0.1, -0.05) is 12.1 Å². The van der Waals surface area contributed by atoms with Gasteiger partial charge in [-0.2, -0.15) is 0 Å². The second-order valence-corrected chi connectivity index (χ2v) is 5.62. The van der Waals surface area contributed by atoms with Crippen molar-refractivity contribution in [2.24, 2.45) is 0 Å². The number of hydrogen-bond donors (Lipinski definition) is 3. The minimum absolute atomic E-state index is 0.111. The van der Waals surface area contributed by atoms with Gasteiger partial charge < -0.3 is 16.0 Å². The van der Waals surface area contributed by atoms with Gasteiger partial charge in [0, 0.05) is 18.3 Å². The Labute approximate surface area is 154 Å². The third-order valence-electron chi connectivity index (χ3n) is 3.50. The van der Waals surface area contributed by atoms with Gasteiger partial charge in [-0.15, -0.1) is 10.2 Å². The van der Waals surface area contributed by atoms with Crippen LogP contribution in [-0.4, -0.2) is 22.0 Å². The summed E-state index contributed by atoms with van der Waals surface area (Å²) in [4.78, 5) is 23.2. The summed E-state index contributed by atoms with van der Waals surface area (Å²) in [7, 11) is 0. The first-order chi connectivity index (χ1) is 13.0. The molecule has 3 rings (SSSR count). The summed E-state index contributed by atoms with van der Waals surface area (Å²) in [5.41, 5.74) is 1.55. The van der Waals surface area contributed by atoms with Crippen molar-refractivity contribution >= 4 is 34.7 Å². The lowest BCUT2D eigenvalue weighted by atomic mass is 10.2. The topological polar surface area (TPSA) is 96.0 Å². The van der Waals surface area contributed by atoms with Crippen molar-refractivity contribution in [3.63, 3.8) is 0 Å². The van der Waals surface area contributed by atoms with E-state index in [-0.39, 0.29) is 17.3 Å². The average Bonchev–Trinajstić information content (AvgIpc) is 2.65. The summed E-state index contributed by atoms with van der Waals surface area (Å²) in [6.45, 7) is 1.42. The van der Waals surface area contributed by atoms with Gasteiger partial charge >= 0.3 is 0 Å². The molecule has 0 spiro atoms. The smallest absolute Gasteiger partial charge is 0.276 e. The highest BCUT2D eigenvalue weighted by Crippen LogP contribution is 2.18. The molecule has 7 nitrogen and oxygen atoms in total. The number of carbonyl (C=O) groups excluding carboxylic acids is 2. The van der Waals surface area contributed by atoms with Gasteiger partial charge in [0.2, 0.25) is 5.91 Å². The Balaban J connectivity index is 1.63. The molecule has 1 aromatic heterocycles. The van der Waals surface area contributed by atoms with Crippen molar-refractivity contribution in [2.75, 3.05) is 16.0 Å². The number of rotatable bonds is 5. The summed E-state index contributed by atoms with van der Waals surface area (Å²) in [5, 5.41) is 15.9. The van der Waals surface area contributed by atoms with E-state index in [1.54, 1.807) is 42.5 Å². The third-order valence-corrected chi connectivity index (χ3v) is 3.50. The third kappa shape index (κ3) is 4.85. The van der Waals surface area contributed by atoms with Crippen LogP contribution in [0, 0.1) is 5.82 Å². The summed E-state index contributed by atoms with van der Waals surface area (Å²) in [6, 6.07) is 15.9. The molecule has 0 atom stereocenters. The first-order valence-corrected chi connectivity index (χ1v) is 8.05. The molecule has 8 heteroatoms. The van der Waals surface area contributed by atoms with Crippen LogP contribution >= 0.6 is 0 Å². The van der Waals surface area contributed by atoms with Gasteiger partial charge in [-0.3, -0.25) is 9.59 Å². The van der Waals surface area contributed by atoms with Crippen LogP contribution in [0.3, 0.4) is 0 Å². The zero-order chi connectivity index (χ0) is 19.2. The number of anilines is 4. The Morgan fingerprint density at radius 2 is 1.52 bits per heavy atom. The molecule has 27 heavy (non-hydrogen) atoms. The maximum Gasteiger partial charge on any atom is 0.276 e. The molecule has 0 saturated heterocycles. The standard InChI is InChI=1S/C19H16FN5O2/c1-12(26)21-13-6-8-14(9-7-13)22-19(27)17-10-11-18(25-24-17)23-16-5-3-2-4-15(16)20/h2-11H,1H3,(H,21,26)(H,22,27)(H,23,25). The van der Waals surface area contributed by atoms with Gasteiger partial charge in [0.25, 0.3) is 5.91 Å². The summed E-state index contributed by atoms with van der Waals surface area (Å²) >= 11 is 0. The number of nitrogens with one attached hydrogen (secondary N) is 3. The van der Waals surface area contributed by atoms with E-state index in [0.29, 0.717) is 17.2 Å². The van der Waals surface area contributed by atoms with Crippen LogP contribution in [0.5, 0.6) is 0 Å². The van der Waals surface area contributed by atoms with E-state index in [0.717, 1.165) is 0 Å². The lowest BCUT2D eigenvalue weighted by Crippen LogP contribution is -2.14. The highest BCUT2D eigenvalue weighted by molar-refractivity contribution is 6.03. The van der Waals surface area contributed by atoms with Crippen molar-refractivity contribution in [1.82, 2.24) is 10.2 Å². The fourth-order valence-electron chi connectivity index (χ4n) is 2.26. The summed E-state index contributed by atoms with van der Waals surface area (Å²) < 4.78 is 13.6. The quantitative estimate of drug-likeness (QED) is 0.642. The van der Waals surface area contributed by atoms with Gasteiger partial charge in [0.05, 0.1) is 5.69 Å². The molecule has 0 radical (unpaired) electrons. The van der Waals surface area contributed by atoms with E-state index in [4.69, 9.17) is 0 Å². The number of carbonyl (C=O) groups is 2. The van der Waals surface area contributed by atoms with Crippen molar-refractivity contribution < 1.29 is 14.0 Å². The molecule has 2 amide bonds. The number of aromatic nitrogens is 2. The normalized spacial score (nSPS) is 10.1. The molecule has 2 aromatic carbocycles. The first kappa shape index (κ1) is 18.0. The fourth-order valence-corrected chi connectivity index (χ4v) is 2.26. The Morgan fingerprint density at radius 1 is 0.852 bits per heavy atom. The van der Waals surface area contributed by atoms with E-state index in [9.17, 15) is 14.0 Å². The van der Waals surface area contributed by atoms with E-state index in [1.165, 1.54) is 25.1 Å². The van der Waals surface area contributed by atoms with Gasteiger partial charge in [0.15, 0.2) is 11.5 Å². The largest absolute Gasteiger partial charge is 0.336 e. The summed E-state index contributed by atoms with van der Waals surface area (Å²) in [5.74, 6) is -0.710. The fraction of sp³-hybridized carbons (Fsp3) is 0.0526. The van der Waals surface area contributed by atoms with E-state index in [2.05, 4.69) is 26.1 Å². The Morgan fingerprint density at radius 3 is 2.11 bits per heavy atom. The van der Waals surface area contributed by atoms with Crippen molar-refractivity contribution in [3.8, 4) is 0 Å². The van der Waals surface area contributed by atoms with Crippen LogP contribution in [0.15, 0.2) is 60.7 Å². The van der Waals surface area contributed by atoms with Crippen LogP contribution in [0.4, 0.5) is 27.3 Å². The minimum atomic E-state index is -0.438. The van der Waals surface area contributed by atoms with Crippen molar-refractivity contribution in [1.29, 1.82) is 0 Å². The molecule has 0 saturated carbocycles. The number of para-hydroxylation sites is 1. The van der Waals surface area contributed by atoms with Gasteiger partial charge in [-0.25, -0.2) is 4.39 Å². The van der Waals surface area contributed by atoms with Crippen LogP contribution in [0.2, 0.25) is 0 Å². The molecule has 3 aromatic rings. The zero-order valence-electron chi connectivity index (χ0n) is 14.4. The van der Waals surface area contributed by atoms with Crippen LogP contribution < -0.4 is 16.0 Å². The monoisotopic (exact) mass is 365 g/mol. The Kier molecular flexibility index (Phi) is 5.36. The highest BCUT2D eigenvalue weighted by Gasteiger charge is 2.10. The number of benzene rings is 2. The molecule has 1 heterocycles. The lowest BCUT2D eigenvalue weighted by molar-refractivity contribution is -0.114. The molecular weight excluding hydrogens is 349 g/mol. The van der Waals surface area contributed by atoms with Crippen molar-refractivity contribution in [2.45, 2.75) is 6.92 Å². The molecule has 0 aliphatic heterocycles. The number of halogens is 1. The van der Waals surface area contributed by atoms with Gasteiger partial charge in [-0.05, 0) is 48.5 Å². The van der Waals surface area contributed by atoms with Crippen LogP contribution in [0.1, 0.15) is 17.4 Å². The molecule has 136 valence electrons. The Hall–Kier alpha value is -3.81. The lowest BCUT2D eigenvalue weighted by Gasteiger charge is -2.08. The number of nitrogens with zero attached hydrogens (tertiary/aromatic N) is 2. The van der Waals surface area contributed by atoms with E-state index >= 15 is 0 Å². The maximum atomic E-state index is 13.6. The van der Waals surface area contributed by atoms with Crippen LogP contribution in [0.25, 0.3) is 0 Å². The van der Waals surface area contributed by atoms with E-state index < -0.39 is 11.7 Å². The minimum Gasteiger partial charge on any atom is -0.336 e. The molecule has 0 bridgehead atoms. The molecule has 0 fully saturated rings. The van der Waals surface area contributed by atoms with Gasteiger partial charge in [0.1, 0.15) is 5.82 Å². The summed E-state index contributed by atoms with van der Waals surface area (Å²) in [6.07, 6.45) is 0. The maximum absolute atomic E-state index is 13.6. The van der Waals surface area contributed by atoms with Crippen LogP contribution in [-0.2, 0) is 4.79 Å². The predicted molar refractivity (Wildman–Crippen MR) is 100 cm³/mol. The Bertz CT molecular complexity index is 959. The number of hydrogen-bond acceptors (Lipinski definition) is 5. The van der Waals surface area contributed by atoms with E-state index in [1.807, 2.05) is 0 Å².